The van der Waals surface area contributed by atoms with Gasteiger partial charge in [-0.2, -0.15) is 0 Å². The van der Waals surface area contributed by atoms with Crippen LogP contribution in [0.3, 0.4) is 0 Å². The molecule has 4 aromatic rings. The van der Waals surface area contributed by atoms with Crippen molar-refractivity contribution in [1.29, 1.82) is 0 Å². The first kappa shape index (κ1) is 16.5. The van der Waals surface area contributed by atoms with E-state index < -0.39 is 0 Å². The van der Waals surface area contributed by atoms with Gasteiger partial charge in [-0.05, 0) is 42.5 Å². The van der Waals surface area contributed by atoms with Gasteiger partial charge in [0.05, 0.1) is 5.39 Å². The SMILES string of the molecule is C=CC(=O)Nc1cccc(Nc2ncnc3[nH]c(-c4cccnc4)cc23)c1. The van der Waals surface area contributed by atoms with Crippen molar-refractivity contribution in [2.24, 2.45) is 0 Å². The lowest BCUT2D eigenvalue weighted by Gasteiger charge is -2.08. The van der Waals surface area contributed by atoms with Gasteiger partial charge in [-0.3, -0.25) is 9.78 Å². The molecule has 7 nitrogen and oxygen atoms in total. The maximum absolute atomic E-state index is 11.5. The van der Waals surface area contributed by atoms with Gasteiger partial charge in [0.2, 0.25) is 5.91 Å². The number of carbonyl (C=O) groups is 1. The number of carbonyl (C=O) groups excluding carboxylic acids is 1. The Morgan fingerprint density at radius 2 is 2.00 bits per heavy atom. The highest BCUT2D eigenvalue weighted by atomic mass is 16.1. The van der Waals surface area contributed by atoms with Gasteiger partial charge in [0.1, 0.15) is 17.8 Å². The molecule has 0 aliphatic heterocycles. The standard InChI is InChI=1S/C20H16N6O/c1-2-18(27)24-14-6-3-7-15(9-14)25-19-16-10-17(13-5-4-8-21-11-13)26-20(16)23-12-22-19/h2-12H,1H2,(H,24,27)(H2,22,23,25,26). The van der Waals surface area contributed by atoms with Crippen molar-refractivity contribution in [3.05, 3.63) is 73.8 Å². The molecule has 7 heteroatoms. The molecule has 0 saturated heterocycles. The van der Waals surface area contributed by atoms with E-state index in [0.717, 1.165) is 28.0 Å². The van der Waals surface area contributed by atoms with E-state index in [1.165, 1.54) is 12.4 Å². The van der Waals surface area contributed by atoms with Crippen LogP contribution in [0.5, 0.6) is 0 Å². The molecule has 132 valence electrons. The number of fused-ring (bicyclic) bond motifs is 1. The third-order valence-corrected chi connectivity index (χ3v) is 3.98. The van der Waals surface area contributed by atoms with Crippen LogP contribution < -0.4 is 10.6 Å². The number of nitrogens with zero attached hydrogens (tertiary/aromatic N) is 3. The fraction of sp³-hybridized carbons (Fsp3) is 0. The van der Waals surface area contributed by atoms with Gasteiger partial charge < -0.3 is 15.6 Å². The Morgan fingerprint density at radius 1 is 1.11 bits per heavy atom. The molecule has 1 amide bonds. The Kier molecular flexibility index (Phi) is 4.32. The smallest absolute Gasteiger partial charge is 0.247 e. The van der Waals surface area contributed by atoms with Crippen LogP contribution in [0.25, 0.3) is 22.3 Å². The monoisotopic (exact) mass is 356 g/mol. The third-order valence-electron chi connectivity index (χ3n) is 3.98. The van der Waals surface area contributed by atoms with Crippen LogP contribution in [0.1, 0.15) is 0 Å². The number of H-pyrrole nitrogens is 1. The van der Waals surface area contributed by atoms with Crippen molar-refractivity contribution < 1.29 is 4.79 Å². The third kappa shape index (κ3) is 3.52. The maximum atomic E-state index is 11.5. The average molecular weight is 356 g/mol. The molecule has 1 aromatic carbocycles. The van der Waals surface area contributed by atoms with Gasteiger partial charge in [0.15, 0.2) is 0 Å². The Hall–Kier alpha value is -4.00. The Bertz CT molecular complexity index is 1120. The number of hydrogen-bond donors (Lipinski definition) is 3. The number of amides is 1. The Morgan fingerprint density at radius 3 is 2.81 bits per heavy atom. The summed E-state index contributed by atoms with van der Waals surface area (Å²) in [5.74, 6) is 0.405. The number of anilines is 3. The van der Waals surface area contributed by atoms with Gasteiger partial charge in [-0.1, -0.05) is 12.6 Å². The van der Waals surface area contributed by atoms with Crippen molar-refractivity contribution in [2.45, 2.75) is 0 Å². The number of rotatable bonds is 5. The summed E-state index contributed by atoms with van der Waals surface area (Å²) in [4.78, 5) is 27.6. The van der Waals surface area contributed by atoms with E-state index in [1.54, 1.807) is 18.5 Å². The average Bonchev–Trinajstić information content (AvgIpc) is 3.14. The van der Waals surface area contributed by atoms with E-state index >= 15 is 0 Å². The molecule has 0 bridgehead atoms. The quantitative estimate of drug-likeness (QED) is 0.472. The van der Waals surface area contributed by atoms with E-state index in [9.17, 15) is 4.79 Å². The minimum Gasteiger partial charge on any atom is -0.340 e. The second kappa shape index (κ2) is 7.09. The predicted molar refractivity (Wildman–Crippen MR) is 106 cm³/mol. The number of nitrogens with one attached hydrogen (secondary N) is 3. The predicted octanol–water partition coefficient (Wildman–Crippen LogP) is 3.89. The molecule has 0 fully saturated rings. The molecule has 0 aliphatic carbocycles. The summed E-state index contributed by atoms with van der Waals surface area (Å²) in [5.41, 5.74) is 4.06. The first-order chi connectivity index (χ1) is 13.2. The van der Waals surface area contributed by atoms with E-state index in [1.807, 2.05) is 36.4 Å². The topological polar surface area (TPSA) is 95.6 Å². The minimum absolute atomic E-state index is 0.261. The molecule has 0 unspecified atom stereocenters. The molecular weight excluding hydrogens is 340 g/mol. The molecular formula is C20H16N6O. The van der Waals surface area contributed by atoms with Gasteiger partial charge in [-0.25, -0.2) is 9.97 Å². The first-order valence-corrected chi connectivity index (χ1v) is 8.27. The lowest BCUT2D eigenvalue weighted by molar-refractivity contribution is -0.111. The van der Waals surface area contributed by atoms with Crippen LogP contribution in [0.15, 0.2) is 73.8 Å². The van der Waals surface area contributed by atoms with Crippen LogP contribution >= 0.6 is 0 Å². The van der Waals surface area contributed by atoms with Crippen LogP contribution in [0.4, 0.5) is 17.2 Å². The zero-order valence-electron chi connectivity index (χ0n) is 14.3. The molecule has 0 atom stereocenters. The molecule has 0 spiro atoms. The van der Waals surface area contributed by atoms with Crippen molar-refractivity contribution in [3.63, 3.8) is 0 Å². The Labute approximate surface area is 155 Å². The number of aromatic nitrogens is 4. The lowest BCUT2D eigenvalue weighted by atomic mass is 10.2. The van der Waals surface area contributed by atoms with E-state index in [4.69, 9.17) is 0 Å². The fourth-order valence-electron chi connectivity index (χ4n) is 2.72. The maximum Gasteiger partial charge on any atom is 0.247 e. The van der Waals surface area contributed by atoms with Crippen LogP contribution in [0, 0.1) is 0 Å². The van der Waals surface area contributed by atoms with Gasteiger partial charge in [0, 0.05) is 35.0 Å². The number of pyridine rings is 1. The zero-order valence-corrected chi connectivity index (χ0v) is 14.3. The zero-order chi connectivity index (χ0) is 18.6. The first-order valence-electron chi connectivity index (χ1n) is 8.27. The van der Waals surface area contributed by atoms with E-state index in [0.29, 0.717) is 11.5 Å². The normalized spacial score (nSPS) is 10.5. The summed E-state index contributed by atoms with van der Waals surface area (Å²) in [6.07, 6.45) is 6.25. The van der Waals surface area contributed by atoms with Gasteiger partial charge >= 0.3 is 0 Å². The summed E-state index contributed by atoms with van der Waals surface area (Å²) >= 11 is 0. The van der Waals surface area contributed by atoms with E-state index in [-0.39, 0.29) is 5.91 Å². The summed E-state index contributed by atoms with van der Waals surface area (Å²) in [6, 6.07) is 13.2. The molecule has 4 rings (SSSR count). The highest BCUT2D eigenvalue weighted by molar-refractivity contribution is 5.99. The molecule has 27 heavy (non-hydrogen) atoms. The molecule has 3 N–H and O–H groups in total. The molecule has 0 radical (unpaired) electrons. The summed E-state index contributed by atoms with van der Waals surface area (Å²) in [5, 5.41) is 6.88. The van der Waals surface area contributed by atoms with Crippen molar-refractivity contribution in [1.82, 2.24) is 19.9 Å². The fourth-order valence-corrected chi connectivity index (χ4v) is 2.72. The largest absolute Gasteiger partial charge is 0.340 e. The van der Waals surface area contributed by atoms with Crippen LogP contribution in [-0.2, 0) is 4.79 Å². The highest BCUT2D eigenvalue weighted by Crippen LogP contribution is 2.28. The minimum atomic E-state index is -0.261. The van der Waals surface area contributed by atoms with Crippen molar-refractivity contribution >= 4 is 34.1 Å². The highest BCUT2D eigenvalue weighted by Gasteiger charge is 2.10. The van der Waals surface area contributed by atoms with Crippen LogP contribution in [0.2, 0.25) is 0 Å². The van der Waals surface area contributed by atoms with E-state index in [2.05, 4.69) is 37.1 Å². The van der Waals surface area contributed by atoms with Crippen LogP contribution in [-0.4, -0.2) is 25.8 Å². The summed E-state index contributed by atoms with van der Waals surface area (Å²) in [6.45, 7) is 3.46. The molecule has 0 saturated carbocycles. The summed E-state index contributed by atoms with van der Waals surface area (Å²) < 4.78 is 0. The number of aromatic amines is 1. The molecule has 3 heterocycles. The lowest BCUT2D eigenvalue weighted by Crippen LogP contribution is -2.07. The molecule has 0 aliphatic rings. The molecule has 3 aromatic heterocycles. The Balaban J connectivity index is 1.66. The number of benzene rings is 1. The van der Waals surface area contributed by atoms with Crippen molar-refractivity contribution in [3.8, 4) is 11.3 Å². The second-order valence-corrected chi connectivity index (χ2v) is 5.81. The van der Waals surface area contributed by atoms with Gasteiger partial charge in [0.25, 0.3) is 0 Å². The van der Waals surface area contributed by atoms with Gasteiger partial charge in [-0.15, -0.1) is 0 Å². The second-order valence-electron chi connectivity index (χ2n) is 5.81. The number of hydrogen-bond acceptors (Lipinski definition) is 5. The van der Waals surface area contributed by atoms with Crippen molar-refractivity contribution in [2.75, 3.05) is 10.6 Å². The summed E-state index contributed by atoms with van der Waals surface area (Å²) in [7, 11) is 0.